The van der Waals surface area contributed by atoms with E-state index in [-0.39, 0.29) is 0 Å². The standard InChI is InChI=1S/C9H10BrNO/c1-2-3-7-12-9-6-4-5-8(10)11-9/h2-6H,7H2,1H3. The van der Waals surface area contributed by atoms with E-state index in [0.29, 0.717) is 12.5 Å². The molecule has 1 aromatic rings. The SMILES string of the molecule is CC=CCOc1cccc(Br)n1. The van der Waals surface area contributed by atoms with Gasteiger partial charge in [-0.05, 0) is 28.9 Å². The highest BCUT2D eigenvalue weighted by Crippen LogP contribution is 2.11. The molecule has 0 saturated carbocycles. The van der Waals surface area contributed by atoms with E-state index in [0.717, 1.165) is 4.60 Å². The minimum Gasteiger partial charge on any atom is -0.473 e. The van der Waals surface area contributed by atoms with E-state index in [2.05, 4.69) is 20.9 Å². The Labute approximate surface area is 80.4 Å². The van der Waals surface area contributed by atoms with Crippen LogP contribution >= 0.6 is 15.9 Å². The molecular formula is C9H10BrNO. The minimum atomic E-state index is 0.569. The molecule has 0 atom stereocenters. The van der Waals surface area contributed by atoms with Crippen LogP contribution in [0.2, 0.25) is 0 Å². The Hall–Kier alpha value is -0.830. The van der Waals surface area contributed by atoms with Crippen molar-refractivity contribution < 1.29 is 4.74 Å². The molecule has 0 amide bonds. The molecule has 0 aromatic carbocycles. The number of ether oxygens (including phenoxy) is 1. The molecule has 0 spiro atoms. The third-order valence-corrected chi connectivity index (χ3v) is 1.69. The molecule has 0 N–H and O–H groups in total. The molecule has 0 aliphatic carbocycles. The van der Waals surface area contributed by atoms with Gasteiger partial charge in [0.05, 0.1) is 0 Å². The lowest BCUT2D eigenvalue weighted by Crippen LogP contribution is -1.95. The van der Waals surface area contributed by atoms with Gasteiger partial charge in [0, 0.05) is 6.07 Å². The molecule has 0 aliphatic rings. The van der Waals surface area contributed by atoms with Gasteiger partial charge in [-0.3, -0.25) is 0 Å². The lowest BCUT2D eigenvalue weighted by Gasteiger charge is -2.00. The van der Waals surface area contributed by atoms with Crippen LogP contribution < -0.4 is 4.74 Å². The predicted molar refractivity (Wildman–Crippen MR) is 52.2 cm³/mol. The number of allylic oxidation sites excluding steroid dienone is 1. The van der Waals surface area contributed by atoms with Crippen molar-refractivity contribution in [2.45, 2.75) is 6.92 Å². The average Bonchev–Trinajstić information content (AvgIpc) is 2.05. The molecule has 1 heterocycles. The Morgan fingerprint density at radius 3 is 3.08 bits per heavy atom. The normalized spacial score (nSPS) is 10.5. The van der Waals surface area contributed by atoms with Gasteiger partial charge in [-0.25, -0.2) is 4.98 Å². The van der Waals surface area contributed by atoms with Crippen LogP contribution in [0.1, 0.15) is 6.92 Å². The molecule has 12 heavy (non-hydrogen) atoms. The van der Waals surface area contributed by atoms with Crippen LogP contribution in [0.5, 0.6) is 5.88 Å². The van der Waals surface area contributed by atoms with E-state index in [9.17, 15) is 0 Å². The topological polar surface area (TPSA) is 22.1 Å². The molecule has 1 aromatic heterocycles. The van der Waals surface area contributed by atoms with E-state index < -0.39 is 0 Å². The van der Waals surface area contributed by atoms with Crippen molar-refractivity contribution in [3.05, 3.63) is 35.0 Å². The monoisotopic (exact) mass is 227 g/mol. The van der Waals surface area contributed by atoms with Crippen LogP contribution in [-0.4, -0.2) is 11.6 Å². The second kappa shape index (κ2) is 4.93. The van der Waals surface area contributed by atoms with Crippen molar-refractivity contribution in [3.8, 4) is 5.88 Å². The number of pyridine rings is 1. The number of nitrogens with zero attached hydrogens (tertiary/aromatic N) is 1. The predicted octanol–water partition coefficient (Wildman–Crippen LogP) is 2.80. The van der Waals surface area contributed by atoms with Gasteiger partial charge in [0.1, 0.15) is 11.2 Å². The molecule has 0 unspecified atom stereocenters. The van der Waals surface area contributed by atoms with Crippen molar-refractivity contribution in [1.82, 2.24) is 4.98 Å². The molecule has 2 nitrogen and oxygen atoms in total. The van der Waals surface area contributed by atoms with Crippen LogP contribution in [0.25, 0.3) is 0 Å². The summed E-state index contributed by atoms with van der Waals surface area (Å²) in [7, 11) is 0. The van der Waals surface area contributed by atoms with Gasteiger partial charge in [0.15, 0.2) is 0 Å². The largest absolute Gasteiger partial charge is 0.473 e. The lowest BCUT2D eigenvalue weighted by molar-refractivity contribution is 0.347. The molecule has 0 fully saturated rings. The van der Waals surface area contributed by atoms with Crippen molar-refractivity contribution in [2.75, 3.05) is 6.61 Å². The van der Waals surface area contributed by atoms with Gasteiger partial charge in [-0.15, -0.1) is 0 Å². The van der Waals surface area contributed by atoms with Gasteiger partial charge in [0.2, 0.25) is 5.88 Å². The fourth-order valence-electron chi connectivity index (χ4n) is 0.700. The second-order valence-electron chi connectivity index (χ2n) is 2.18. The smallest absolute Gasteiger partial charge is 0.214 e. The highest BCUT2D eigenvalue weighted by atomic mass is 79.9. The quantitative estimate of drug-likeness (QED) is 0.586. The molecule has 0 aliphatic heterocycles. The minimum absolute atomic E-state index is 0.569. The number of halogens is 1. The van der Waals surface area contributed by atoms with Crippen molar-refractivity contribution in [1.29, 1.82) is 0 Å². The van der Waals surface area contributed by atoms with Crippen molar-refractivity contribution in [3.63, 3.8) is 0 Å². The Morgan fingerprint density at radius 2 is 2.42 bits per heavy atom. The van der Waals surface area contributed by atoms with Gasteiger partial charge < -0.3 is 4.74 Å². The van der Waals surface area contributed by atoms with E-state index in [1.54, 1.807) is 0 Å². The molecule has 1 rings (SSSR count). The first kappa shape index (κ1) is 9.26. The molecule has 3 heteroatoms. The maximum absolute atomic E-state index is 5.30. The third kappa shape index (κ3) is 3.05. The summed E-state index contributed by atoms with van der Waals surface area (Å²) < 4.78 is 6.09. The van der Waals surface area contributed by atoms with Crippen LogP contribution in [0.15, 0.2) is 35.0 Å². The van der Waals surface area contributed by atoms with Gasteiger partial charge >= 0.3 is 0 Å². The first-order chi connectivity index (χ1) is 5.83. The Balaban J connectivity index is 2.52. The maximum atomic E-state index is 5.30. The molecule has 0 bridgehead atoms. The first-order valence-corrected chi connectivity index (χ1v) is 4.48. The van der Waals surface area contributed by atoms with Crippen molar-refractivity contribution >= 4 is 15.9 Å². The Kier molecular flexibility index (Phi) is 3.80. The summed E-state index contributed by atoms with van der Waals surface area (Å²) in [5, 5.41) is 0. The molecule has 0 saturated heterocycles. The van der Waals surface area contributed by atoms with Crippen LogP contribution in [0.3, 0.4) is 0 Å². The van der Waals surface area contributed by atoms with Gasteiger partial charge in [0.25, 0.3) is 0 Å². The van der Waals surface area contributed by atoms with E-state index >= 15 is 0 Å². The van der Waals surface area contributed by atoms with Crippen LogP contribution in [0, 0.1) is 0 Å². The zero-order valence-electron chi connectivity index (χ0n) is 6.83. The summed E-state index contributed by atoms with van der Waals surface area (Å²) in [6, 6.07) is 5.58. The first-order valence-electron chi connectivity index (χ1n) is 3.69. The number of rotatable bonds is 3. The maximum Gasteiger partial charge on any atom is 0.214 e. The fourth-order valence-corrected chi connectivity index (χ4v) is 1.03. The Morgan fingerprint density at radius 1 is 1.58 bits per heavy atom. The van der Waals surface area contributed by atoms with E-state index in [1.807, 2.05) is 37.3 Å². The third-order valence-electron chi connectivity index (χ3n) is 1.25. The summed E-state index contributed by atoms with van der Waals surface area (Å²) >= 11 is 3.26. The van der Waals surface area contributed by atoms with E-state index in [4.69, 9.17) is 4.74 Å². The van der Waals surface area contributed by atoms with Crippen molar-refractivity contribution in [2.24, 2.45) is 0 Å². The lowest BCUT2D eigenvalue weighted by atomic mass is 10.5. The van der Waals surface area contributed by atoms with Gasteiger partial charge in [-0.2, -0.15) is 0 Å². The molecule has 64 valence electrons. The summed E-state index contributed by atoms with van der Waals surface area (Å²) in [6.07, 6.45) is 3.88. The fraction of sp³-hybridized carbons (Fsp3) is 0.222. The summed E-state index contributed by atoms with van der Waals surface area (Å²) in [5.41, 5.74) is 0. The number of hydrogen-bond acceptors (Lipinski definition) is 2. The van der Waals surface area contributed by atoms with Crippen LogP contribution in [-0.2, 0) is 0 Å². The summed E-state index contributed by atoms with van der Waals surface area (Å²) in [6.45, 7) is 2.53. The average molecular weight is 228 g/mol. The zero-order valence-corrected chi connectivity index (χ0v) is 8.41. The zero-order chi connectivity index (χ0) is 8.81. The highest BCUT2D eigenvalue weighted by Gasteiger charge is 1.92. The number of hydrogen-bond donors (Lipinski definition) is 0. The van der Waals surface area contributed by atoms with Gasteiger partial charge in [-0.1, -0.05) is 18.2 Å². The van der Waals surface area contributed by atoms with Crippen LogP contribution in [0.4, 0.5) is 0 Å². The second-order valence-corrected chi connectivity index (χ2v) is 2.99. The molecular weight excluding hydrogens is 218 g/mol. The highest BCUT2D eigenvalue weighted by molar-refractivity contribution is 9.10. The summed E-state index contributed by atoms with van der Waals surface area (Å²) in [5.74, 6) is 0.641. The summed E-state index contributed by atoms with van der Waals surface area (Å²) in [4.78, 5) is 4.11. The Bertz CT molecular complexity index is 273. The molecule has 0 radical (unpaired) electrons. The van der Waals surface area contributed by atoms with E-state index in [1.165, 1.54) is 0 Å². The number of aromatic nitrogens is 1.